The van der Waals surface area contributed by atoms with Crippen molar-refractivity contribution in [2.24, 2.45) is 17.3 Å². The lowest BCUT2D eigenvalue weighted by Crippen LogP contribution is -2.36. The molecule has 9 nitrogen and oxygen atoms in total. The molecule has 2 aromatic rings. The van der Waals surface area contributed by atoms with Crippen molar-refractivity contribution in [2.75, 3.05) is 38.3 Å². The molecule has 0 unspecified atom stereocenters. The summed E-state index contributed by atoms with van der Waals surface area (Å²) < 4.78 is 38.3. The lowest BCUT2D eigenvalue weighted by Gasteiger charge is -2.28. The third-order valence-electron chi connectivity index (χ3n) is 3.44. The van der Waals surface area contributed by atoms with Crippen LogP contribution in [0.5, 0.6) is 0 Å². The van der Waals surface area contributed by atoms with E-state index >= 15 is 0 Å². The number of thiazole rings is 1. The Kier molecular flexibility index (Phi) is 7.60. The lowest BCUT2D eigenvalue weighted by atomic mass is 10.2. The van der Waals surface area contributed by atoms with Crippen molar-refractivity contribution in [2.45, 2.75) is 0 Å². The molecule has 0 aliphatic carbocycles. The highest BCUT2D eigenvalue weighted by Gasteiger charge is 2.11. The Morgan fingerprint density at radius 1 is 1.23 bits per heavy atom. The van der Waals surface area contributed by atoms with E-state index in [-0.39, 0.29) is 0 Å². The second-order valence-corrected chi connectivity index (χ2v) is 7.21. The minimum absolute atomic E-state index is 0.802. The number of ether oxygens (including phenoxy) is 1. The molecule has 2 heterocycles. The van der Waals surface area contributed by atoms with Gasteiger partial charge in [0.05, 0.1) is 32.5 Å². The van der Waals surface area contributed by atoms with E-state index in [0.29, 0.717) is 0 Å². The SMILES string of the molecule is COS(=O)(=O)[O-].C[n+]1ccsc1N=Nc1ccc(N2CCOCC2)cc1. The molecule has 11 heteroatoms. The fraction of sp³-hybridized carbons (Fsp3) is 0.400. The van der Waals surface area contributed by atoms with Crippen molar-refractivity contribution in [3.8, 4) is 0 Å². The van der Waals surface area contributed by atoms with Gasteiger partial charge in [-0.1, -0.05) is 0 Å². The molecule has 1 saturated heterocycles. The zero-order valence-corrected chi connectivity index (χ0v) is 16.1. The van der Waals surface area contributed by atoms with Gasteiger partial charge in [0.15, 0.2) is 0 Å². The number of morpholine rings is 1. The number of hydrogen-bond donors (Lipinski definition) is 0. The predicted molar refractivity (Wildman–Crippen MR) is 95.9 cm³/mol. The number of aryl methyl sites for hydroxylation is 1. The number of hydrogen-bond acceptors (Lipinski definition) is 9. The monoisotopic (exact) mass is 400 g/mol. The van der Waals surface area contributed by atoms with Crippen LogP contribution in [0.25, 0.3) is 0 Å². The Bertz CT molecular complexity index is 815. The van der Waals surface area contributed by atoms with Crippen LogP contribution in [-0.2, 0) is 26.4 Å². The smallest absolute Gasteiger partial charge is 0.408 e. The van der Waals surface area contributed by atoms with Crippen LogP contribution in [0.1, 0.15) is 0 Å². The molecule has 3 rings (SSSR count). The summed E-state index contributed by atoms with van der Waals surface area (Å²) >= 11 is 1.58. The first-order valence-electron chi connectivity index (χ1n) is 7.68. The molecule has 0 atom stereocenters. The van der Waals surface area contributed by atoms with Crippen molar-refractivity contribution in [1.82, 2.24) is 0 Å². The van der Waals surface area contributed by atoms with Gasteiger partial charge in [0.2, 0.25) is 10.4 Å². The van der Waals surface area contributed by atoms with Crippen LogP contribution >= 0.6 is 11.3 Å². The fourth-order valence-corrected chi connectivity index (χ4v) is 2.76. The maximum Gasteiger partial charge on any atom is 0.408 e. The van der Waals surface area contributed by atoms with E-state index in [1.807, 2.05) is 35.3 Å². The number of nitrogens with zero attached hydrogens (tertiary/aromatic N) is 4. The van der Waals surface area contributed by atoms with Gasteiger partial charge in [0.25, 0.3) is 0 Å². The number of rotatable bonds is 4. The van der Waals surface area contributed by atoms with Gasteiger partial charge in [-0.2, -0.15) is 0 Å². The molecule has 0 N–H and O–H groups in total. The van der Waals surface area contributed by atoms with Crippen LogP contribution in [0.2, 0.25) is 0 Å². The largest absolute Gasteiger partial charge is 0.726 e. The molecule has 0 radical (unpaired) electrons. The minimum atomic E-state index is -4.41. The molecule has 1 fully saturated rings. The van der Waals surface area contributed by atoms with Gasteiger partial charge < -0.3 is 14.2 Å². The van der Waals surface area contributed by atoms with Crippen LogP contribution in [0, 0.1) is 0 Å². The fourth-order valence-electron chi connectivity index (χ4n) is 2.08. The molecule has 0 spiro atoms. The molecule has 1 aromatic carbocycles. The Morgan fingerprint density at radius 2 is 1.85 bits per heavy atom. The number of benzene rings is 1. The summed E-state index contributed by atoms with van der Waals surface area (Å²) in [6, 6.07) is 8.19. The molecule has 142 valence electrons. The molecular weight excluding hydrogens is 380 g/mol. The van der Waals surface area contributed by atoms with Crippen LogP contribution in [0.4, 0.5) is 16.5 Å². The Morgan fingerprint density at radius 3 is 2.35 bits per heavy atom. The average molecular weight is 400 g/mol. The van der Waals surface area contributed by atoms with Gasteiger partial charge in [0, 0.05) is 24.2 Å². The van der Waals surface area contributed by atoms with E-state index in [4.69, 9.17) is 4.74 Å². The summed E-state index contributed by atoms with van der Waals surface area (Å²) in [4.78, 5) is 2.32. The van der Waals surface area contributed by atoms with Crippen LogP contribution in [-0.4, -0.2) is 46.4 Å². The van der Waals surface area contributed by atoms with Crippen LogP contribution < -0.4 is 9.47 Å². The van der Waals surface area contributed by atoms with E-state index in [1.165, 1.54) is 5.69 Å². The number of azo groups is 1. The zero-order valence-electron chi connectivity index (χ0n) is 14.4. The van der Waals surface area contributed by atoms with Gasteiger partial charge in [-0.25, -0.2) is 13.0 Å². The number of anilines is 1. The predicted octanol–water partition coefficient (Wildman–Crippen LogP) is 1.92. The van der Waals surface area contributed by atoms with Gasteiger partial charge in [-0.3, -0.25) is 4.18 Å². The molecule has 1 aliphatic heterocycles. The summed E-state index contributed by atoms with van der Waals surface area (Å²) in [5, 5.41) is 11.4. The van der Waals surface area contributed by atoms with Crippen LogP contribution in [0.15, 0.2) is 46.1 Å². The lowest BCUT2D eigenvalue weighted by molar-refractivity contribution is -0.654. The Balaban J connectivity index is 0.000000352. The third-order valence-corrected chi connectivity index (χ3v) is 4.69. The summed E-state index contributed by atoms with van der Waals surface area (Å²) in [7, 11) is -1.64. The van der Waals surface area contributed by atoms with Gasteiger partial charge in [0.1, 0.15) is 11.9 Å². The van der Waals surface area contributed by atoms with Crippen molar-refractivity contribution in [1.29, 1.82) is 0 Å². The molecule has 0 saturated carbocycles. The van der Waals surface area contributed by atoms with Gasteiger partial charge in [-0.15, -0.1) is 0 Å². The highest BCUT2D eigenvalue weighted by atomic mass is 32.3. The van der Waals surface area contributed by atoms with E-state index in [2.05, 4.69) is 31.4 Å². The normalized spacial score (nSPS) is 15.0. The van der Waals surface area contributed by atoms with Gasteiger partial charge >= 0.3 is 5.13 Å². The second kappa shape index (κ2) is 9.69. The quantitative estimate of drug-likeness (QED) is 0.336. The first-order valence-corrected chi connectivity index (χ1v) is 9.89. The number of aromatic nitrogens is 1. The standard InChI is InChI=1S/C14H17N4OS.CH4O4S/c1-17-8-11-20-14(17)16-15-12-2-4-13(5-3-12)18-6-9-19-10-7-18;1-5-6(2,3)4/h2-5,8,11H,6-7,9-10H2,1H3;1H3,(H,2,3,4)/q+1;/p-1. The third kappa shape index (κ3) is 6.77. The molecule has 0 amide bonds. The maximum absolute atomic E-state index is 9.22. The van der Waals surface area contributed by atoms with Crippen LogP contribution in [0.3, 0.4) is 0 Å². The summed E-state index contributed by atoms with van der Waals surface area (Å²) in [6.45, 7) is 3.50. The first-order chi connectivity index (χ1) is 12.4. The average Bonchev–Trinajstić information content (AvgIpc) is 3.06. The Labute approximate surface area is 156 Å². The van der Waals surface area contributed by atoms with Crippen molar-refractivity contribution < 1.29 is 26.5 Å². The Hall–Kier alpha value is -1.92. The summed E-state index contributed by atoms with van der Waals surface area (Å²) in [5.74, 6) is 0. The van der Waals surface area contributed by atoms with Crippen molar-refractivity contribution >= 4 is 38.2 Å². The van der Waals surface area contributed by atoms with Crippen molar-refractivity contribution in [3.63, 3.8) is 0 Å². The zero-order chi connectivity index (χ0) is 19.0. The second-order valence-electron chi connectivity index (χ2n) is 5.19. The molecule has 26 heavy (non-hydrogen) atoms. The highest BCUT2D eigenvalue weighted by molar-refractivity contribution is 7.80. The summed E-state index contributed by atoms with van der Waals surface area (Å²) in [5.41, 5.74) is 2.09. The first kappa shape index (κ1) is 20.4. The van der Waals surface area contributed by atoms with E-state index in [9.17, 15) is 13.0 Å². The summed E-state index contributed by atoms with van der Waals surface area (Å²) in [6.07, 6.45) is 1.97. The highest BCUT2D eigenvalue weighted by Crippen LogP contribution is 2.23. The topological polar surface area (TPSA) is 108 Å². The van der Waals surface area contributed by atoms with E-state index < -0.39 is 10.4 Å². The maximum atomic E-state index is 9.22. The molecule has 0 bridgehead atoms. The molecule has 1 aliphatic rings. The molecular formula is C15H20N4O5S2. The van der Waals surface area contributed by atoms with E-state index in [0.717, 1.165) is 44.2 Å². The van der Waals surface area contributed by atoms with Gasteiger partial charge in [-0.05, 0) is 40.7 Å². The molecule has 1 aromatic heterocycles. The minimum Gasteiger partial charge on any atom is -0.726 e. The van der Waals surface area contributed by atoms with Crippen molar-refractivity contribution in [3.05, 3.63) is 35.8 Å². The van der Waals surface area contributed by atoms with E-state index in [1.54, 1.807) is 11.3 Å².